The minimum atomic E-state index is -1.07. The summed E-state index contributed by atoms with van der Waals surface area (Å²) in [4.78, 5) is 31.1. The molecule has 2 atom stereocenters. The molecule has 0 spiro atoms. The quantitative estimate of drug-likeness (QED) is 0.558. The van der Waals surface area contributed by atoms with Crippen molar-refractivity contribution in [3.8, 4) is 0 Å². The lowest BCUT2D eigenvalue weighted by atomic mass is 10.1. The van der Waals surface area contributed by atoms with Crippen molar-refractivity contribution in [3.63, 3.8) is 0 Å². The Morgan fingerprint density at radius 2 is 1.90 bits per heavy atom. The lowest BCUT2D eigenvalue weighted by molar-refractivity contribution is -0.142. The zero-order valence-corrected chi connectivity index (χ0v) is 11.4. The number of carboxylic acids is 2. The van der Waals surface area contributed by atoms with Gasteiger partial charge in [0.05, 0.1) is 0 Å². The molecule has 0 aromatic heterocycles. The number of hydrogen-bond donors (Lipinski definition) is 4. The molecule has 0 amide bonds. The molecule has 1 saturated heterocycles. The highest BCUT2D eigenvalue weighted by Crippen LogP contribution is 2.01. The van der Waals surface area contributed by atoms with Gasteiger partial charge in [-0.05, 0) is 12.0 Å². The van der Waals surface area contributed by atoms with Gasteiger partial charge >= 0.3 is 11.9 Å². The summed E-state index contributed by atoms with van der Waals surface area (Å²) in [7, 11) is 0. The number of benzene rings is 1. The van der Waals surface area contributed by atoms with Gasteiger partial charge in [-0.1, -0.05) is 30.3 Å². The standard InChI is InChI=1S/C9H11NO2.C5H7NO3/c10-8(9(11)12)6-7-4-2-1-3-5-7;7-3-1-2-6-4(3)5(8)9/h1-5,8H,6,10H2,(H,11,12);4,6H,1-2H2,(H,8,9)/t;4-/m.0/s1. The minimum absolute atomic E-state index is 0.220. The third-order valence-corrected chi connectivity index (χ3v) is 2.90. The Bertz CT molecular complexity index is 503. The van der Waals surface area contributed by atoms with Gasteiger partial charge in [-0.15, -0.1) is 0 Å². The lowest BCUT2D eigenvalue weighted by Gasteiger charge is -2.04. The van der Waals surface area contributed by atoms with E-state index >= 15 is 0 Å². The Kier molecular flexibility index (Phi) is 6.51. The van der Waals surface area contributed by atoms with E-state index in [0.29, 0.717) is 19.4 Å². The molecule has 1 aliphatic rings. The van der Waals surface area contributed by atoms with E-state index in [9.17, 15) is 14.4 Å². The molecule has 0 saturated carbocycles. The third kappa shape index (κ3) is 5.72. The first-order chi connectivity index (χ1) is 9.91. The lowest BCUT2D eigenvalue weighted by Crippen LogP contribution is -2.35. The molecular formula is C14H18N2O5. The van der Waals surface area contributed by atoms with Crippen LogP contribution in [-0.2, 0) is 20.8 Å². The maximum atomic E-state index is 10.6. The van der Waals surface area contributed by atoms with E-state index in [-0.39, 0.29) is 5.78 Å². The summed E-state index contributed by atoms with van der Waals surface area (Å²) in [5.74, 6) is -2.25. The summed E-state index contributed by atoms with van der Waals surface area (Å²) < 4.78 is 0. The zero-order valence-electron chi connectivity index (χ0n) is 11.4. The zero-order chi connectivity index (χ0) is 15.8. The minimum Gasteiger partial charge on any atom is -0.480 e. The van der Waals surface area contributed by atoms with E-state index in [2.05, 4.69) is 5.32 Å². The van der Waals surface area contributed by atoms with Gasteiger partial charge < -0.3 is 15.9 Å². The van der Waals surface area contributed by atoms with Gasteiger partial charge in [-0.25, -0.2) is 0 Å². The molecule has 1 heterocycles. The molecule has 0 aliphatic carbocycles. The van der Waals surface area contributed by atoms with Crippen LogP contribution in [0.1, 0.15) is 12.0 Å². The highest BCUT2D eigenvalue weighted by molar-refractivity contribution is 6.03. The summed E-state index contributed by atoms with van der Waals surface area (Å²) in [6.45, 7) is 0.496. The van der Waals surface area contributed by atoms with Crippen LogP contribution in [0.25, 0.3) is 0 Å². The monoisotopic (exact) mass is 294 g/mol. The number of ketones is 1. The number of carboxylic acid groups (broad SMARTS) is 2. The van der Waals surface area contributed by atoms with Gasteiger partial charge in [0.2, 0.25) is 0 Å². The van der Waals surface area contributed by atoms with Crippen LogP contribution >= 0.6 is 0 Å². The van der Waals surface area contributed by atoms with Gasteiger partial charge in [0.1, 0.15) is 6.04 Å². The van der Waals surface area contributed by atoms with Crippen molar-refractivity contribution in [3.05, 3.63) is 35.9 Å². The fourth-order valence-electron chi connectivity index (χ4n) is 1.78. The Balaban J connectivity index is 0.000000219. The molecule has 0 radical (unpaired) electrons. The molecule has 5 N–H and O–H groups in total. The first kappa shape index (κ1) is 16.8. The van der Waals surface area contributed by atoms with Crippen LogP contribution in [-0.4, -0.2) is 46.6 Å². The van der Waals surface area contributed by atoms with Crippen molar-refractivity contribution in [2.75, 3.05) is 6.54 Å². The van der Waals surface area contributed by atoms with Crippen LogP contribution in [0.3, 0.4) is 0 Å². The van der Waals surface area contributed by atoms with Crippen molar-refractivity contribution in [2.45, 2.75) is 24.9 Å². The second-order valence-electron chi connectivity index (χ2n) is 4.58. The van der Waals surface area contributed by atoms with E-state index in [1.54, 1.807) is 0 Å². The van der Waals surface area contributed by atoms with Crippen LogP contribution in [0.5, 0.6) is 0 Å². The van der Waals surface area contributed by atoms with Crippen molar-refractivity contribution in [1.29, 1.82) is 0 Å². The molecule has 0 bridgehead atoms. The van der Waals surface area contributed by atoms with E-state index in [0.717, 1.165) is 5.56 Å². The molecule has 1 aliphatic heterocycles. The van der Waals surface area contributed by atoms with Gasteiger partial charge in [0.25, 0.3) is 0 Å². The number of hydrogen-bond acceptors (Lipinski definition) is 5. The van der Waals surface area contributed by atoms with E-state index in [4.69, 9.17) is 15.9 Å². The Morgan fingerprint density at radius 1 is 1.29 bits per heavy atom. The predicted octanol–water partition coefficient (Wildman–Crippen LogP) is -0.357. The maximum absolute atomic E-state index is 10.6. The smallest absolute Gasteiger partial charge is 0.328 e. The Morgan fingerprint density at radius 3 is 2.29 bits per heavy atom. The first-order valence-electron chi connectivity index (χ1n) is 6.43. The summed E-state index contributed by atoms with van der Waals surface area (Å²) in [5.41, 5.74) is 6.30. The van der Waals surface area contributed by atoms with Crippen LogP contribution in [0.2, 0.25) is 0 Å². The number of nitrogens with two attached hydrogens (primary N) is 1. The van der Waals surface area contributed by atoms with Gasteiger partial charge in [-0.3, -0.25) is 19.7 Å². The number of nitrogens with one attached hydrogen (secondary N) is 1. The summed E-state index contributed by atoms with van der Waals surface area (Å²) in [6, 6.07) is 7.60. The topological polar surface area (TPSA) is 130 Å². The van der Waals surface area contributed by atoms with E-state index < -0.39 is 24.0 Å². The Hall–Kier alpha value is -2.25. The molecule has 114 valence electrons. The summed E-state index contributed by atoms with van der Waals surface area (Å²) in [5, 5.41) is 19.4. The molecule has 7 heteroatoms. The molecule has 1 fully saturated rings. The average Bonchev–Trinajstić information content (AvgIpc) is 2.87. The molecule has 1 aromatic carbocycles. The summed E-state index contributed by atoms with van der Waals surface area (Å²) in [6.07, 6.45) is 0.729. The fraction of sp³-hybridized carbons (Fsp3) is 0.357. The van der Waals surface area contributed by atoms with Crippen LogP contribution < -0.4 is 11.1 Å². The molecule has 7 nitrogen and oxygen atoms in total. The highest BCUT2D eigenvalue weighted by atomic mass is 16.4. The number of aliphatic carboxylic acids is 2. The maximum Gasteiger partial charge on any atom is 0.328 e. The Labute approximate surface area is 121 Å². The molecule has 21 heavy (non-hydrogen) atoms. The number of rotatable bonds is 4. The second-order valence-corrected chi connectivity index (χ2v) is 4.58. The van der Waals surface area contributed by atoms with Crippen LogP contribution in [0.4, 0.5) is 0 Å². The average molecular weight is 294 g/mol. The largest absolute Gasteiger partial charge is 0.480 e. The van der Waals surface area contributed by atoms with E-state index in [1.165, 1.54) is 0 Å². The van der Waals surface area contributed by atoms with Crippen LogP contribution in [0, 0.1) is 0 Å². The molecule has 1 unspecified atom stereocenters. The van der Waals surface area contributed by atoms with Crippen molar-refractivity contribution < 1.29 is 24.6 Å². The fourth-order valence-corrected chi connectivity index (χ4v) is 1.78. The van der Waals surface area contributed by atoms with Crippen molar-refractivity contribution in [2.24, 2.45) is 5.73 Å². The highest BCUT2D eigenvalue weighted by Gasteiger charge is 2.29. The second kappa shape index (κ2) is 8.13. The van der Waals surface area contributed by atoms with Gasteiger partial charge in [0.15, 0.2) is 11.8 Å². The summed E-state index contributed by atoms with van der Waals surface area (Å²) >= 11 is 0. The molecule has 1 aromatic rings. The number of carbonyl (C=O) groups is 3. The number of carbonyl (C=O) groups excluding carboxylic acids is 1. The normalized spacial score (nSPS) is 18.5. The van der Waals surface area contributed by atoms with Crippen molar-refractivity contribution in [1.82, 2.24) is 5.32 Å². The SMILES string of the molecule is NC(Cc1ccccc1)C(=O)O.O=C(O)[C@H]1NCCC1=O. The van der Waals surface area contributed by atoms with Crippen LogP contribution in [0.15, 0.2) is 30.3 Å². The van der Waals surface area contributed by atoms with Gasteiger partial charge in [-0.2, -0.15) is 0 Å². The van der Waals surface area contributed by atoms with Gasteiger partial charge in [0, 0.05) is 13.0 Å². The third-order valence-electron chi connectivity index (χ3n) is 2.90. The van der Waals surface area contributed by atoms with Crippen molar-refractivity contribution >= 4 is 17.7 Å². The molecular weight excluding hydrogens is 276 g/mol. The predicted molar refractivity (Wildman–Crippen MR) is 74.8 cm³/mol. The number of Topliss-reactive ketones (excluding diaryl/α,β-unsaturated/α-hetero) is 1. The molecule has 2 rings (SSSR count). The van der Waals surface area contributed by atoms with E-state index in [1.807, 2.05) is 30.3 Å². The first-order valence-corrected chi connectivity index (χ1v) is 6.43.